The molecule has 14 heavy (non-hydrogen) atoms. The zero-order valence-electron chi connectivity index (χ0n) is 7.51. The first-order valence-electron chi connectivity index (χ1n) is 3.89. The van der Waals surface area contributed by atoms with E-state index in [1.807, 2.05) is 6.07 Å². The first-order valence-corrected chi connectivity index (χ1v) is 5.06. The largest absolute Gasteiger partial charge is 0.468 e. The van der Waals surface area contributed by atoms with Crippen LogP contribution in [0, 0.1) is 0 Å². The minimum Gasteiger partial charge on any atom is -0.468 e. The lowest BCUT2D eigenvalue weighted by molar-refractivity contribution is -0.138. The van der Waals surface area contributed by atoms with Gasteiger partial charge in [-0.15, -0.1) is 0 Å². The molecule has 0 heterocycles. The van der Waals surface area contributed by atoms with Crippen LogP contribution in [0.3, 0.4) is 0 Å². The van der Waals surface area contributed by atoms with Crippen molar-refractivity contribution in [2.24, 2.45) is 0 Å². The van der Waals surface area contributed by atoms with Gasteiger partial charge in [0.05, 0.1) is 17.8 Å². The van der Waals surface area contributed by atoms with Gasteiger partial charge >= 0.3 is 5.97 Å². The monoisotopic (exact) mass is 277 g/mol. The number of methoxy groups -OCH3 is 1. The SMILES string of the molecule is COC(=O)CNc1ccc(Br)cc1Cl. The van der Waals surface area contributed by atoms with Gasteiger partial charge in [-0.2, -0.15) is 0 Å². The molecule has 0 radical (unpaired) electrons. The molecule has 1 aromatic rings. The van der Waals surface area contributed by atoms with E-state index < -0.39 is 0 Å². The predicted octanol–water partition coefficient (Wildman–Crippen LogP) is 2.69. The molecule has 0 spiro atoms. The van der Waals surface area contributed by atoms with Crippen molar-refractivity contribution < 1.29 is 9.53 Å². The summed E-state index contributed by atoms with van der Waals surface area (Å²) >= 11 is 9.20. The first-order chi connectivity index (χ1) is 6.63. The third kappa shape index (κ3) is 3.20. The second kappa shape index (κ2) is 5.22. The molecular weight excluding hydrogens is 269 g/mol. The molecule has 0 unspecified atom stereocenters. The van der Waals surface area contributed by atoms with Gasteiger partial charge in [0.15, 0.2) is 0 Å². The van der Waals surface area contributed by atoms with Gasteiger partial charge in [0.1, 0.15) is 6.54 Å². The van der Waals surface area contributed by atoms with E-state index in [4.69, 9.17) is 11.6 Å². The molecule has 0 aliphatic heterocycles. The van der Waals surface area contributed by atoms with Gasteiger partial charge in [0.25, 0.3) is 0 Å². The van der Waals surface area contributed by atoms with Gasteiger partial charge in [0.2, 0.25) is 0 Å². The quantitative estimate of drug-likeness (QED) is 0.864. The lowest BCUT2D eigenvalue weighted by atomic mass is 10.3. The second-order valence-electron chi connectivity index (χ2n) is 2.55. The van der Waals surface area contributed by atoms with Crippen LogP contribution in [-0.2, 0) is 9.53 Å². The van der Waals surface area contributed by atoms with Crippen LogP contribution in [0.15, 0.2) is 22.7 Å². The molecule has 1 N–H and O–H groups in total. The molecule has 0 saturated carbocycles. The summed E-state index contributed by atoms with van der Waals surface area (Å²) in [4.78, 5) is 10.8. The molecule has 0 atom stereocenters. The van der Waals surface area contributed by atoms with Gasteiger partial charge < -0.3 is 10.1 Å². The smallest absolute Gasteiger partial charge is 0.325 e. The fraction of sp³-hybridized carbons (Fsp3) is 0.222. The maximum Gasteiger partial charge on any atom is 0.325 e. The molecule has 0 fully saturated rings. The Balaban J connectivity index is 2.63. The van der Waals surface area contributed by atoms with Crippen LogP contribution in [0.2, 0.25) is 5.02 Å². The van der Waals surface area contributed by atoms with Crippen molar-refractivity contribution in [1.82, 2.24) is 0 Å². The zero-order chi connectivity index (χ0) is 10.6. The molecule has 0 bridgehead atoms. The minimum absolute atomic E-state index is 0.109. The number of esters is 1. The predicted molar refractivity (Wildman–Crippen MR) is 59.7 cm³/mol. The van der Waals surface area contributed by atoms with Crippen LogP contribution in [0.5, 0.6) is 0 Å². The number of carbonyl (C=O) groups is 1. The Morgan fingerprint density at radius 3 is 2.93 bits per heavy atom. The van der Waals surface area contributed by atoms with E-state index in [1.54, 1.807) is 12.1 Å². The summed E-state index contributed by atoms with van der Waals surface area (Å²) in [7, 11) is 1.34. The van der Waals surface area contributed by atoms with Crippen molar-refractivity contribution in [3.63, 3.8) is 0 Å². The fourth-order valence-corrected chi connectivity index (χ4v) is 1.61. The maximum absolute atomic E-state index is 10.8. The number of anilines is 1. The van der Waals surface area contributed by atoms with Gasteiger partial charge in [-0.25, -0.2) is 0 Å². The number of nitrogens with one attached hydrogen (secondary N) is 1. The average molecular weight is 279 g/mol. The van der Waals surface area contributed by atoms with Gasteiger partial charge in [-0.05, 0) is 18.2 Å². The lowest BCUT2D eigenvalue weighted by Gasteiger charge is -2.06. The summed E-state index contributed by atoms with van der Waals surface area (Å²) in [5.41, 5.74) is 0.709. The molecule has 1 aromatic carbocycles. The summed E-state index contributed by atoms with van der Waals surface area (Å²) < 4.78 is 5.38. The normalized spacial score (nSPS) is 9.64. The molecule has 0 amide bonds. The Hall–Kier alpha value is -0.740. The zero-order valence-corrected chi connectivity index (χ0v) is 9.85. The highest BCUT2D eigenvalue weighted by molar-refractivity contribution is 9.10. The van der Waals surface area contributed by atoms with Crippen LogP contribution < -0.4 is 5.32 Å². The van der Waals surface area contributed by atoms with Crippen molar-refractivity contribution in [2.75, 3.05) is 19.0 Å². The van der Waals surface area contributed by atoms with Crippen molar-refractivity contribution in [3.05, 3.63) is 27.7 Å². The Bertz CT molecular complexity index is 344. The third-order valence-corrected chi connectivity index (χ3v) is 2.39. The average Bonchev–Trinajstić information content (AvgIpc) is 2.16. The number of halogens is 2. The van der Waals surface area contributed by atoms with Gasteiger partial charge in [0, 0.05) is 4.47 Å². The van der Waals surface area contributed by atoms with Gasteiger partial charge in [-0.1, -0.05) is 27.5 Å². The Kier molecular flexibility index (Phi) is 4.22. The summed E-state index contributed by atoms with van der Waals surface area (Å²) in [5, 5.41) is 3.42. The molecule has 0 aromatic heterocycles. The van der Waals surface area contributed by atoms with E-state index in [0.717, 1.165) is 4.47 Å². The number of hydrogen-bond donors (Lipinski definition) is 1. The van der Waals surface area contributed by atoms with E-state index in [2.05, 4.69) is 26.0 Å². The van der Waals surface area contributed by atoms with Crippen molar-refractivity contribution in [2.45, 2.75) is 0 Å². The second-order valence-corrected chi connectivity index (χ2v) is 3.88. The van der Waals surface area contributed by atoms with Gasteiger partial charge in [-0.3, -0.25) is 4.79 Å². The maximum atomic E-state index is 10.8. The van der Waals surface area contributed by atoms with Crippen LogP contribution in [0.25, 0.3) is 0 Å². The summed E-state index contributed by atoms with van der Waals surface area (Å²) in [6, 6.07) is 5.38. The van der Waals surface area contributed by atoms with E-state index in [1.165, 1.54) is 7.11 Å². The third-order valence-electron chi connectivity index (χ3n) is 1.58. The Morgan fingerprint density at radius 2 is 2.36 bits per heavy atom. The molecule has 3 nitrogen and oxygen atoms in total. The van der Waals surface area contributed by atoms with Crippen molar-refractivity contribution in [1.29, 1.82) is 0 Å². The highest BCUT2D eigenvalue weighted by Gasteiger charge is 2.03. The fourth-order valence-electron chi connectivity index (χ4n) is 0.872. The number of carbonyl (C=O) groups excluding carboxylic acids is 1. The van der Waals surface area contributed by atoms with E-state index >= 15 is 0 Å². The van der Waals surface area contributed by atoms with Crippen molar-refractivity contribution in [3.8, 4) is 0 Å². The van der Waals surface area contributed by atoms with Crippen LogP contribution >= 0.6 is 27.5 Å². The topological polar surface area (TPSA) is 38.3 Å². The lowest BCUT2D eigenvalue weighted by Crippen LogP contribution is -2.15. The van der Waals surface area contributed by atoms with Crippen LogP contribution in [0.1, 0.15) is 0 Å². The standard InChI is InChI=1S/C9H9BrClNO2/c1-14-9(13)5-12-8-3-2-6(10)4-7(8)11/h2-4,12H,5H2,1H3. The number of hydrogen-bond acceptors (Lipinski definition) is 3. The molecule has 1 rings (SSSR count). The molecule has 5 heteroatoms. The summed E-state index contributed by atoms with van der Waals surface area (Å²) in [6.07, 6.45) is 0. The summed E-state index contributed by atoms with van der Waals surface area (Å²) in [5.74, 6) is -0.330. The first kappa shape index (κ1) is 11.3. The highest BCUT2D eigenvalue weighted by atomic mass is 79.9. The number of rotatable bonds is 3. The summed E-state index contributed by atoms with van der Waals surface area (Å²) in [6.45, 7) is 0.109. The minimum atomic E-state index is -0.330. The van der Waals surface area contributed by atoms with E-state index in [-0.39, 0.29) is 12.5 Å². The molecule has 0 saturated heterocycles. The number of benzene rings is 1. The molecular formula is C9H9BrClNO2. The Morgan fingerprint density at radius 1 is 1.64 bits per heavy atom. The number of ether oxygens (including phenoxy) is 1. The van der Waals surface area contributed by atoms with E-state index in [9.17, 15) is 4.79 Å². The Labute approximate surface area is 95.5 Å². The highest BCUT2D eigenvalue weighted by Crippen LogP contribution is 2.25. The van der Waals surface area contributed by atoms with E-state index in [0.29, 0.717) is 10.7 Å². The molecule has 0 aliphatic rings. The molecule has 0 aliphatic carbocycles. The van der Waals surface area contributed by atoms with Crippen LogP contribution in [0.4, 0.5) is 5.69 Å². The van der Waals surface area contributed by atoms with Crippen molar-refractivity contribution >= 4 is 39.2 Å². The molecule has 76 valence electrons. The van der Waals surface area contributed by atoms with Crippen LogP contribution in [-0.4, -0.2) is 19.6 Å².